The highest BCUT2D eigenvalue weighted by atomic mass is 32.1. The molecule has 2 amide bonds. The molecule has 2 bridgehead atoms. The minimum absolute atomic E-state index is 0.181. The quantitative estimate of drug-likeness (QED) is 0.749. The standard InChI is InChI=1S/C21H25N3O3S/c1-27-20(25)14-4-2-5-15(10-14)22-21(26)23-16-11-17-7-8-18(12-16)24(17)13-19-6-3-9-28-19/h2-6,9-10,16-18H,7-8,11-13H2,1H3,(H2,22,23,26)/t17-,18-/m1/s1. The van der Waals surface area contributed by atoms with E-state index in [1.807, 2.05) is 11.3 Å². The van der Waals surface area contributed by atoms with E-state index in [0.29, 0.717) is 23.3 Å². The number of methoxy groups -OCH3 is 1. The maximum absolute atomic E-state index is 12.5. The molecule has 4 rings (SSSR count). The van der Waals surface area contributed by atoms with Crippen LogP contribution in [-0.4, -0.2) is 42.1 Å². The van der Waals surface area contributed by atoms with Crippen molar-refractivity contribution in [2.45, 2.75) is 50.4 Å². The highest BCUT2D eigenvalue weighted by Gasteiger charge is 2.41. The number of benzene rings is 1. The van der Waals surface area contributed by atoms with Gasteiger partial charge < -0.3 is 15.4 Å². The first-order valence-corrected chi connectivity index (χ1v) is 10.5. The molecule has 0 unspecified atom stereocenters. The second kappa shape index (κ2) is 8.32. The minimum atomic E-state index is -0.418. The summed E-state index contributed by atoms with van der Waals surface area (Å²) in [5, 5.41) is 8.09. The molecule has 2 aromatic rings. The van der Waals surface area contributed by atoms with Gasteiger partial charge in [0.15, 0.2) is 0 Å². The van der Waals surface area contributed by atoms with E-state index in [4.69, 9.17) is 4.74 Å². The molecule has 2 fully saturated rings. The van der Waals surface area contributed by atoms with Gasteiger partial charge in [-0.3, -0.25) is 4.90 Å². The van der Waals surface area contributed by atoms with Crippen molar-refractivity contribution in [3.8, 4) is 0 Å². The molecular weight excluding hydrogens is 374 g/mol. The SMILES string of the molecule is COC(=O)c1cccc(NC(=O)NC2C[C@H]3CC[C@H](C2)N3Cc2cccs2)c1. The topological polar surface area (TPSA) is 70.7 Å². The Kier molecular flexibility index (Phi) is 5.64. The van der Waals surface area contributed by atoms with Crippen molar-refractivity contribution in [2.24, 2.45) is 0 Å². The molecule has 148 valence electrons. The smallest absolute Gasteiger partial charge is 0.337 e. The number of nitrogens with one attached hydrogen (secondary N) is 2. The monoisotopic (exact) mass is 399 g/mol. The van der Waals surface area contributed by atoms with Crippen molar-refractivity contribution in [3.63, 3.8) is 0 Å². The van der Waals surface area contributed by atoms with Crippen LogP contribution in [0.2, 0.25) is 0 Å². The van der Waals surface area contributed by atoms with Gasteiger partial charge in [-0.25, -0.2) is 9.59 Å². The zero-order valence-corrected chi connectivity index (χ0v) is 16.7. The number of thiophene rings is 1. The third kappa shape index (κ3) is 4.20. The summed E-state index contributed by atoms with van der Waals surface area (Å²) in [4.78, 5) is 28.1. The fraction of sp³-hybridized carbons (Fsp3) is 0.429. The molecule has 1 aromatic heterocycles. The van der Waals surface area contributed by atoms with E-state index < -0.39 is 5.97 Å². The lowest BCUT2D eigenvalue weighted by molar-refractivity contribution is 0.0600. The Bertz CT molecular complexity index is 825. The first-order chi connectivity index (χ1) is 13.6. The van der Waals surface area contributed by atoms with E-state index in [-0.39, 0.29) is 12.1 Å². The van der Waals surface area contributed by atoms with Crippen LogP contribution in [0, 0.1) is 0 Å². The summed E-state index contributed by atoms with van der Waals surface area (Å²) < 4.78 is 4.72. The summed E-state index contributed by atoms with van der Waals surface area (Å²) >= 11 is 1.81. The zero-order chi connectivity index (χ0) is 19.5. The number of ether oxygens (including phenoxy) is 1. The number of urea groups is 1. The Morgan fingerprint density at radius 1 is 1.18 bits per heavy atom. The fourth-order valence-electron chi connectivity index (χ4n) is 4.43. The van der Waals surface area contributed by atoms with Gasteiger partial charge in [0, 0.05) is 35.2 Å². The lowest BCUT2D eigenvalue weighted by Crippen LogP contribution is -2.50. The molecule has 6 nitrogen and oxygen atoms in total. The van der Waals surface area contributed by atoms with Crippen molar-refractivity contribution in [1.82, 2.24) is 10.2 Å². The van der Waals surface area contributed by atoms with Crippen molar-refractivity contribution in [1.29, 1.82) is 0 Å². The second-order valence-corrected chi connectivity index (χ2v) is 8.51. The van der Waals surface area contributed by atoms with Crippen LogP contribution < -0.4 is 10.6 Å². The maximum atomic E-state index is 12.5. The van der Waals surface area contributed by atoms with Crippen molar-refractivity contribution < 1.29 is 14.3 Å². The predicted molar refractivity (Wildman–Crippen MR) is 110 cm³/mol. The molecule has 0 radical (unpaired) electrons. The third-order valence-electron chi connectivity index (χ3n) is 5.68. The summed E-state index contributed by atoms with van der Waals surface area (Å²) in [6, 6.07) is 12.1. The van der Waals surface area contributed by atoms with Crippen LogP contribution >= 0.6 is 11.3 Å². The van der Waals surface area contributed by atoms with E-state index in [1.165, 1.54) is 24.8 Å². The summed E-state index contributed by atoms with van der Waals surface area (Å²) in [7, 11) is 1.34. The fourth-order valence-corrected chi connectivity index (χ4v) is 5.14. The number of rotatable bonds is 5. The molecule has 0 saturated carbocycles. The van der Waals surface area contributed by atoms with E-state index in [0.717, 1.165) is 19.4 Å². The first kappa shape index (κ1) is 19.0. The van der Waals surface area contributed by atoms with Gasteiger partial charge in [-0.15, -0.1) is 11.3 Å². The van der Waals surface area contributed by atoms with E-state index in [9.17, 15) is 9.59 Å². The van der Waals surface area contributed by atoms with Gasteiger partial charge in [0.05, 0.1) is 12.7 Å². The zero-order valence-electron chi connectivity index (χ0n) is 15.9. The van der Waals surface area contributed by atoms with E-state index in [1.54, 1.807) is 24.3 Å². The van der Waals surface area contributed by atoms with Crippen LogP contribution in [0.1, 0.15) is 40.9 Å². The number of carbonyl (C=O) groups is 2. The molecule has 2 saturated heterocycles. The Morgan fingerprint density at radius 3 is 2.64 bits per heavy atom. The molecule has 2 atom stereocenters. The minimum Gasteiger partial charge on any atom is -0.465 e. The molecule has 2 aliphatic rings. The van der Waals surface area contributed by atoms with Gasteiger partial charge in [0.2, 0.25) is 0 Å². The van der Waals surface area contributed by atoms with Crippen molar-refractivity contribution >= 4 is 29.0 Å². The maximum Gasteiger partial charge on any atom is 0.337 e. The highest BCUT2D eigenvalue weighted by molar-refractivity contribution is 7.09. The van der Waals surface area contributed by atoms with E-state index in [2.05, 4.69) is 33.0 Å². The van der Waals surface area contributed by atoms with Crippen LogP contribution in [0.15, 0.2) is 41.8 Å². The molecule has 7 heteroatoms. The summed E-state index contributed by atoms with van der Waals surface area (Å²) in [6.45, 7) is 1.02. The molecule has 1 aromatic carbocycles. The van der Waals surface area contributed by atoms with Gasteiger partial charge in [0.1, 0.15) is 0 Å². The Hall–Kier alpha value is -2.38. The average molecular weight is 400 g/mol. The normalized spacial score (nSPS) is 24.0. The molecule has 0 aliphatic carbocycles. The number of nitrogens with zero attached hydrogens (tertiary/aromatic N) is 1. The van der Waals surface area contributed by atoms with Gasteiger partial charge >= 0.3 is 12.0 Å². The highest BCUT2D eigenvalue weighted by Crippen LogP contribution is 2.37. The van der Waals surface area contributed by atoms with Gasteiger partial charge in [-0.2, -0.15) is 0 Å². The second-order valence-electron chi connectivity index (χ2n) is 7.48. The largest absolute Gasteiger partial charge is 0.465 e. The number of esters is 1. The van der Waals surface area contributed by atoms with Gasteiger partial charge in [-0.05, 0) is 55.3 Å². The number of carbonyl (C=O) groups excluding carboxylic acids is 2. The van der Waals surface area contributed by atoms with Crippen LogP contribution in [0.5, 0.6) is 0 Å². The third-order valence-corrected chi connectivity index (χ3v) is 6.54. The molecular formula is C21H25N3O3S. The van der Waals surface area contributed by atoms with Crippen molar-refractivity contribution in [3.05, 3.63) is 52.2 Å². The Labute approximate surface area is 168 Å². The summed E-state index contributed by atoms with van der Waals surface area (Å²) in [5.41, 5.74) is 0.999. The van der Waals surface area contributed by atoms with Gasteiger partial charge in [0.25, 0.3) is 0 Å². The molecule has 28 heavy (non-hydrogen) atoms. The first-order valence-electron chi connectivity index (χ1n) is 9.66. The average Bonchev–Trinajstić information content (AvgIpc) is 3.28. The Balaban J connectivity index is 1.32. The number of fused-ring (bicyclic) bond motifs is 2. The molecule has 0 spiro atoms. The molecule has 3 heterocycles. The van der Waals surface area contributed by atoms with Crippen molar-refractivity contribution in [2.75, 3.05) is 12.4 Å². The number of anilines is 1. The molecule has 2 N–H and O–H groups in total. The van der Waals surface area contributed by atoms with Crippen LogP contribution in [0.3, 0.4) is 0 Å². The number of amides is 2. The van der Waals surface area contributed by atoms with Crippen LogP contribution in [-0.2, 0) is 11.3 Å². The molecule has 2 aliphatic heterocycles. The summed E-state index contributed by atoms with van der Waals surface area (Å²) in [5.74, 6) is -0.418. The number of piperidine rings is 1. The number of hydrogen-bond donors (Lipinski definition) is 2. The predicted octanol–water partition coefficient (Wildman–Crippen LogP) is 3.85. The Morgan fingerprint density at radius 2 is 1.96 bits per heavy atom. The van der Waals surface area contributed by atoms with Gasteiger partial charge in [-0.1, -0.05) is 12.1 Å². The number of hydrogen-bond acceptors (Lipinski definition) is 5. The van der Waals surface area contributed by atoms with E-state index >= 15 is 0 Å². The van der Waals surface area contributed by atoms with Crippen LogP contribution in [0.25, 0.3) is 0 Å². The van der Waals surface area contributed by atoms with Crippen LogP contribution in [0.4, 0.5) is 10.5 Å². The summed E-state index contributed by atoms with van der Waals surface area (Å²) in [6.07, 6.45) is 4.38. The lowest BCUT2D eigenvalue weighted by atomic mass is 9.97. The lowest BCUT2D eigenvalue weighted by Gasteiger charge is -2.39.